The molecule has 0 fully saturated rings. The second kappa shape index (κ2) is 22.0. The van der Waals surface area contributed by atoms with Gasteiger partial charge in [-0.05, 0) is 144 Å². The lowest BCUT2D eigenvalue weighted by atomic mass is 9.64. The Morgan fingerprint density at radius 3 is 0.444 bits per heavy atom. The predicted octanol–water partition coefficient (Wildman–Crippen LogP) is 20.5. The molecule has 0 atom stereocenters. The summed E-state index contributed by atoms with van der Waals surface area (Å²) < 4.78 is 1.76. The van der Waals surface area contributed by atoms with Crippen molar-refractivity contribution in [1.82, 2.24) is 17.9 Å². The largest absolute Gasteiger partial charge is 0.229 e. The molecule has 0 heterocycles. The van der Waals surface area contributed by atoms with Crippen LogP contribution in [0.15, 0.2) is 340 Å². The van der Waals surface area contributed by atoms with E-state index in [4.69, 9.17) is 0 Å². The Morgan fingerprint density at radius 2 is 0.296 bits per heavy atom. The minimum atomic E-state index is -0.967. The lowest BCUT2D eigenvalue weighted by Gasteiger charge is -2.41. The first-order valence-corrected chi connectivity index (χ1v) is 28.0. The van der Waals surface area contributed by atoms with Crippen molar-refractivity contribution in [3.8, 4) is 0 Å². The number of para-hydroxylation sites is 8. The molecule has 4 heteroatoms. The van der Waals surface area contributed by atoms with Gasteiger partial charge < -0.3 is 0 Å². The quantitative estimate of drug-likeness (QED) is 0.0668. The zero-order chi connectivity index (χ0) is 55.3. The van der Waals surface area contributed by atoms with E-state index in [0.717, 1.165) is 90.5 Å². The molecule has 0 bridgehead atoms. The van der Waals surface area contributed by atoms with Gasteiger partial charge in [-0.2, -0.15) is 0 Å². The molecule has 392 valence electrons. The van der Waals surface area contributed by atoms with Crippen molar-refractivity contribution in [2.24, 2.45) is 0 Å². The molecule has 0 aliphatic heterocycles. The number of hydrogen-bond acceptors (Lipinski definition) is 0. The summed E-state index contributed by atoms with van der Waals surface area (Å²) in [5.74, 6) is 0. The zero-order valence-electron chi connectivity index (χ0n) is 46.6. The van der Waals surface area contributed by atoms with Gasteiger partial charge in [0.05, 0.1) is 33.6 Å². The first kappa shape index (κ1) is 52.2. The highest BCUT2D eigenvalue weighted by Crippen LogP contribution is 2.54. The molecule has 12 rings (SSSR count). The van der Waals surface area contributed by atoms with Crippen molar-refractivity contribution in [1.29, 1.82) is 0 Å². The van der Waals surface area contributed by atoms with Gasteiger partial charge in [0, 0.05) is 24.3 Å². The summed E-state index contributed by atoms with van der Waals surface area (Å²) in [4.78, 5) is 0. The molecule has 0 spiro atoms. The van der Waals surface area contributed by atoms with Gasteiger partial charge in [-0.1, -0.05) is 194 Å². The molecule has 0 N–H and O–H groups in total. The number of nitrogens with zero attached hydrogens (tertiary/aromatic N) is 4. The summed E-state index contributed by atoms with van der Waals surface area (Å²) in [6.45, 7) is 0. The molecule has 0 aromatic heterocycles. The Bertz CT molecular complexity index is 3330. The van der Waals surface area contributed by atoms with Crippen LogP contribution in [0.1, 0.15) is 22.3 Å². The number of benzene rings is 12. The minimum absolute atomic E-state index is 0.441. The normalized spacial score (nSPS) is 12.2. The minimum Gasteiger partial charge on any atom is -0.229 e. The van der Waals surface area contributed by atoms with E-state index in [1.807, 2.05) is 0 Å². The number of hydrogen-bond donors (Lipinski definition) is 0. The average Bonchev–Trinajstić information content (AvgIpc) is 3.74. The van der Waals surface area contributed by atoms with Crippen molar-refractivity contribution in [2.45, 2.75) is 5.41 Å². The van der Waals surface area contributed by atoms with E-state index in [0.29, 0.717) is 17.9 Å². The van der Waals surface area contributed by atoms with E-state index in [2.05, 4.69) is 368 Å². The monoisotopic (exact) mass is 1050 g/mol. The molecule has 0 radical (unpaired) electrons. The van der Waals surface area contributed by atoms with Gasteiger partial charge in [0.2, 0.25) is 0 Å². The topological polar surface area (TPSA) is 0 Å². The summed E-state index contributed by atoms with van der Waals surface area (Å²) in [5.41, 5.74) is 17.4. The van der Waals surface area contributed by atoms with Crippen LogP contribution in [-0.2, 0) is 5.41 Å². The number of quaternary nitrogens is 4. The maximum absolute atomic E-state index is 2.50. The van der Waals surface area contributed by atoms with Crippen LogP contribution >= 0.6 is 0 Å². The van der Waals surface area contributed by atoms with Crippen LogP contribution in [0, 0.1) is 0 Å². The van der Waals surface area contributed by atoms with Gasteiger partial charge in [-0.25, -0.2) is 17.9 Å². The van der Waals surface area contributed by atoms with Crippen molar-refractivity contribution in [2.75, 3.05) is 28.2 Å². The van der Waals surface area contributed by atoms with Crippen molar-refractivity contribution >= 4 is 68.2 Å². The Hall–Kier alpha value is -9.52. The van der Waals surface area contributed by atoms with Gasteiger partial charge in [-0.15, -0.1) is 0 Å². The third-order valence-electron chi connectivity index (χ3n) is 17.4. The molecule has 81 heavy (non-hydrogen) atoms. The van der Waals surface area contributed by atoms with E-state index in [-0.39, 0.29) is 0 Å². The highest BCUT2D eigenvalue weighted by atomic mass is 15.4. The Kier molecular flexibility index (Phi) is 14.1. The highest BCUT2D eigenvalue weighted by Gasteiger charge is 2.45. The molecule has 0 amide bonds. The molecular formula is C77H68N4+4. The lowest BCUT2D eigenvalue weighted by molar-refractivity contribution is 0.614. The Balaban J connectivity index is 1.24. The Morgan fingerprint density at radius 1 is 0.160 bits per heavy atom. The fourth-order valence-corrected chi connectivity index (χ4v) is 12.7. The van der Waals surface area contributed by atoms with Gasteiger partial charge in [0.15, 0.2) is 0 Å². The summed E-state index contributed by atoms with van der Waals surface area (Å²) in [7, 11) is 9.34. The second-order valence-corrected chi connectivity index (χ2v) is 21.7. The zero-order valence-corrected chi connectivity index (χ0v) is 46.6. The van der Waals surface area contributed by atoms with E-state index >= 15 is 0 Å². The molecule has 4 nitrogen and oxygen atoms in total. The Labute approximate surface area is 479 Å². The first-order valence-electron chi connectivity index (χ1n) is 28.0. The van der Waals surface area contributed by atoms with Gasteiger partial charge >= 0.3 is 0 Å². The van der Waals surface area contributed by atoms with Crippen LogP contribution in [0.3, 0.4) is 0 Å². The smallest absolute Gasteiger partial charge is 0.143 e. The van der Waals surface area contributed by atoms with E-state index in [9.17, 15) is 0 Å². The molecule has 0 unspecified atom stereocenters. The highest BCUT2D eigenvalue weighted by molar-refractivity contribution is 5.79. The molecule has 0 aliphatic carbocycles. The molecule has 0 saturated heterocycles. The third kappa shape index (κ3) is 9.11. The second-order valence-electron chi connectivity index (χ2n) is 21.7. The predicted molar refractivity (Wildman–Crippen MR) is 344 cm³/mol. The van der Waals surface area contributed by atoms with Gasteiger partial charge in [0.1, 0.15) is 68.2 Å². The first-order chi connectivity index (χ1) is 39.7. The van der Waals surface area contributed by atoms with Crippen LogP contribution in [0.2, 0.25) is 0 Å². The fraction of sp³-hybridized carbons (Fsp3) is 0.0649. The van der Waals surface area contributed by atoms with Crippen molar-refractivity contribution < 1.29 is 0 Å². The fourth-order valence-electron chi connectivity index (χ4n) is 12.7. The molecule has 12 aromatic rings. The molecule has 12 aromatic carbocycles. The van der Waals surface area contributed by atoms with Crippen LogP contribution in [0.4, 0.5) is 68.2 Å². The SMILES string of the molecule is C[N+](c1ccccc1)(c1ccccc1)c1cccc(C(c2cccc([N+](C)(c3ccccc3)c3ccccc3)c2)(c2cccc([N+](C)(c3ccccc3)c3ccccc3)c2)c2cccc([N+](C)(c3ccccc3)c3ccccc3)c2)c1. The summed E-state index contributed by atoms with van der Waals surface area (Å²) in [6, 6.07) is 125. The van der Waals surface area contributed by atoms with E-state index in [1.165, 1.54) is 0 Å². The van der Waals surface area contributed by atoms with Crippen LogP contribution in [0.25, 0.3) is 0 Å². The summed E-state index contributed by atoms with van der Waals surface area (Å²) >= 11 is 0. The maximum Gasteiger partial charge on any atom is 0.143 e. The lowest BCUT2D eigenvalue weighted by Crippen LogP contribution is -2.38. The van der Waals surface area contributed by atoms with E-state index in [1.54, 1.807) is 0 Å². The van der Waals surface area contributed by atoms with Crippen LogP contribution in [0.5, 0.6) is 0 Å². The summed E-state index contributed by atoms with van der Waals surface area (Å²) in [6.07, 6.45) is 0. The maximum atomic E-state index is 2.50. The van der Waals surface area contributed by atoms with Gasteiger partial charge in [0.25, 0.3) is 0 Å². The van der Waals surface area contributed by atoms with Crippen molar-refractivity contribution in [3.05, 3.63) is 362 Å². The average molecular weight is 1050 g/mol. The van der Waals surface area contributed by atoms with E-state index < -0.39 is 5.41 Å². The molecule has 0 saturated carbocycles. The standard InChI is InChI=1S/C77H68N4/c1-78(65-37-13-5-14-38-65,66-39-15-6-16-40-66)73-53-29-33-61(57-73)77(62-34-30-54-74(58-62)79(2,67-41-17-7-18-42-67)68-43-19-8-20-44-68,63-35-31-55-75(59-63)80(3,69-45-21-9-22-46-69)70-47-23-10-24-48-70)64-36-32-56-76(60-64)81(4,71-49-25-11-26-50-71)72-51-27-12-28-52-72/h5-60H,1-4H3/q+4. The van der Waals surface area contributed by atoms with Crippen molar-refractivity contribution in [3.63, 3.8) is 0 Å². The molecule has 0 aliphatic rings. The molecular weight excluding hydrogens is 981 g/mol. The third-order valence-corrected chi connectivity index (χ3v) is 17.4. The number of rotatable bonds is 16. The summed E-state index contributed by atoms with van der Waals surface area (Å²) in [5, 5.41) is 0. The van der Waals surface area contributed by atoms with Crippen LogP contribution < -0.4 is 17.9 Å². The van der Waals surface area contributed by atoms with Gasteiger partial charge in [-0.3, -0.25) is 0 Å². The van der Waals surface area contributed by atoms with Crippen LogP contribution in [-0.4, -0.2) is 28.2 Å².